The van der Waals surface area contributed by atoms with Gasteiger partial charge in [-0.05, 0) is 75.6 Å². The smallest absolute Gasteiger partial charge is 0.410 e. The van der Waals surface area contributed by atoms with E-state index in [1.807, 2.05) is 25.7 Å². The van der Waals surface area contributed by atoms with Gasteiger partial charge in [-0.1, -0.05) is 26.0 Å². The van der Waals surface area contributed by atoms with Crippen LogP contribution in [0.3, 0.4) is 0 Å². The fraction of sp³-hybridized carbons (Fsp3) is 0.625. The Hall–Kier alpha value is -2.01. The first-order chi connectivity index (χ1) is 13.7. The van der Waals surface area contributed by atoms with Crippen molar-refractivity contribution in [3.63, 3.8) is 0 Å². The Morgan fingerprint density at radius 3 is 2.52 bits per heavy atom. The Bertz CT molecular complexity index is 840. The zero-order chi connectivity index (χ0) is 21.2. The normalized spacial score (nSPS) is 16.0. The number of aromatic nitrogens is 1. The average molecular weight is 400 g/mol. The number of hydrogen-bond donors (Lipinski definition) is 1. The van der Waals surface area contributed by atoms with Gasteiger partial charge in [0, 0.05) is 36.7 Å². The molecule has 1 aromatic heterocycles. The minimum Gasteiger partial charge on any atom is -0.444 e. The Labute approximate surface area is 175 Å². The van der Waals surface area contributed by atoms with Gasteiger partial charge in [-0.2, -0.15) is 0 Å². The van der Waals surface area contributed by atoms with Gasteiger partial charge in [0.2, 0.25) is 0 Å². The summed E-state index contributed by atoms with van der Waals surface area (Å²) in [4.78, 5) is 14.2. The number of benzene rings is 1. The summed E-state index contributed by atoms with van der Waals surface area (Å²) in [6.45, 7) is 13.4. The molecule has 0 bridgehead atoms. The molecule has 2 N–H and O–H groups in total. The predicted molar refractivity (Wildman–Crippen MR) is 119 cm³/mol. The van der Waals surface area contributed by atoms with E-state index in [1.165, 1.54) is 22.0 Å². The largest absolute Gasteiger partial charge is 0.444 e. The summed E-state index contributed by atoms with van der Waals surface area (Å²) in [5, 5.41) is 1.33. The summed E-state index contributed by atoms with van der Waals surface area (Å²) in [6.07, 6.45) is 4.96. The van der Waals surface area contributed by atoms with E-state index < -0.39 is 5.60 Å². The molecule has 0 radical (unpaired) electrons. The number of hydrogen-bond acceptors (Lipinski definition) is 3. The number of ether oxygens (including phenoxy) is 1. The van der Waals surface area contributed by atoms with Crippen LogP contribution in [0.2, 0.25) is 0 Å². The van der Waals surface area contributed by atoms with E-state index in [-0.39, 0.29) is 6.09 Å². The summed E-state index contributed by atoms with van der Waals surface area (Å²) >= 11 is 0. The second-order valence-electron chi connectivity index (χ2n) is 9.76. The molecule has 1 aliphatic rings. The van der Waals surface area contributed by atoms with E-state index in [1.54, 1.807) is 0 Å². The molecule has 0 atom stereocenters. The van der Waals surface area contributed by atoms with Crippen LogP contribution in [0.25, 0.3) is 10.9 Å². The van der Waals surface area contributed by atoms with E-state index in [2.05, 4.69) is 42.8 Å². The third-order valence-electron chi connectivity index (χ3n) is 5.58. The van der Waals surface area contributed by atoms with Crippen molar-refractivity contribution < 1.29 is 9.53 Å². The quantitative estimate of drug-likeness (QED) is 0.777. The topological polar surface area (TPSA) is 60.5 Å². The van der Waals surface area contributed by atoms with Crippen molar-refractivity contribution in [1.82, 2.24) is 9.47 Å². The van der Waals surface area contributed by atoms with Gasteiger partial charge in [0.15, 0.2) is 0 Å². The SMILES string of the molecule is CC(C)Cn1cc(CCN)c2ccc(C3CCN(C(=O)OC(C)(C)C)CC3)cc21. The number of carbonyl (C=O) groups excluding carboxylic acids is 1. The lowest BCUT2D eigenvalue weighted by Gasteiger charge is -2.33. The molecule has 5 nitrogen and oxygen atoms in total. The Kier molecular flexibility index (Phi) is 6.57. The molecule has 0 unspecified atom stereocenters. The van der Waals surface area contributed by atoms with Crippen LogP contribution in [0.5, 0.6) is 0 Å². The lowest BCUT2D eigenvalue weighted by molar-refractivity contribution is 0.0205. The first kappa shape index (κ1) is 21.7. The number of fused-ring (bicyclic) bond motifs is 1. The summed E-state index contributed by atoms with van der Waals surface area (Å²) in [6, 6.07) is 6.91. The van der Waals surface area contributed by atoms with E-state index in [0.29, 0.717) is 18.4 Å². The van der Waals surface area contributed by atoms with Gasteiger partial charge in [-0.3, -0.25) is 0 Å². The van der Waals surface area contributed by atoms with Gasteiger partial charge >= 0.3 is 6.09 Å². The Balaban J connectivity index is 1.76. The zero-order valence-corrected chi connectivity index (χ0v) is 18.7. The molecule has 160 valence electrons. The third kappa shape index (κ3) is 5.33. The number of nitrogens with two attached hydrogens (primary N) is 1. The molecule has 3 rings (SSSR count). The highest BCUT2D eigenvalue weighted by Gasteiger charge is 2.27. The summed E-state index contributed by atoms with van der Waals surface area (Å²) < 4.78 is 7.92. The van der Waals surface area contributed by atoms with Crippen LogP contribution in [-0.4, -0.2) is 40.8 Å². The van der Waals surface area contributed by atoms with E-state index >= 15 is 0 Å². The first-order valence-electron chi connectivity index (χ1n) is 11.0. The van der Waals surface area contributed by atoms with Crippen LogP contribution in [0.1, 0.15) is 64.5 Å². The second kappa shape index (κ2) is 8.78. The van der Waals surface area contributed by atoms with Crippen molar-refractivity contribution in [1.29, 1.82) is 0 Å². The standard InChI is InChI=1S/C24H37N3O2/c1-17(2)15-27-16-20(8-11-25)21-7-6-19(14-22(21)27)18-9-12-26(13-10-18)23(28)29-24(3,4)5/h6-7,14,16-18H,8-13,15,25H2,1-5H3. The molecule has 1 saturated heterocycles. The monoisotopic (exact) mass is 399 g/mol. The molecular weight excluding hydrogens is 362 g/mol. The van der Waals surface area contributed by atoms with Crippen LogP contribution in [0.4, 0.5) is 4.79 Å². The molecule has 1 amide bonds. The highest BCUT2D eigenvalue weighted by atomic mass is 16.6. The molecular formula is C24H37N3O2. The molecule has 1 fully saturated rings. The number of amides is 1. The van der Waals surface area contributed by atoms with Crippen molar-refractivity contribution in [3.05, 3.63) is 35.5 Å². The van der Waals surface area contributed by atoms with Gasteiger partial charge < -0.3 is 19.9 Å². The van der Waals surface area contributed by atoms with E-state index in [9.17, 15) is 4.79 Å². The number of nitrogens with zero attached hydrogens (tertiary/aromatic N) is 2. The maximum absolute atomic E-state index is 12.3. The van der Waals surface area contributed by atoms with Crippen LogP contribution in [0.15, 0.2) is 24.4 Å². The highest BCUT2D eigenvalue weighted by Crippen LogP contribution is 2.32. The first-order valence-corrected chi connectivity index (χ1v) is 11.0. The molecule has 0 aliphatic carbocycles. The summed E-state index contributed by atoms with van der Waals surface area (Å²) in [5.41, 5.74) is 9.43. The maximum Gasteiger partial charge on any atom is 0.410 e. The van der Waals surface area contributed by atoms with Crippen molar-refractivity contribution >= 4 is 17.0 Å². The van der Waals surface area contributed by atoms with E-state index in [4.69, 9.17) is 10.5 Å². The highest BCUT2D eigenvalue weighted by molar-refractivity contribution is 5.85. The van der Waals surface area contributed by atoms with Gasteiger partial charge in [-0.15, -0.1) is 0 Å². The molecule has 0 spiro atoms. The van der Waals surface area contributed by atoms with Gasteiger partial charge in [0.25, 0.3) is 0 Å². The van der Waals surface area contributed by atoms with E-state index in [0.717, 1.165) is 38.9 Å². The zero-order valence-electron chi connectivity index (χ0n) is 18.7. The van der Waals surface area contributed by atoms with Crippen LogP contribution in [0, 0.1) is 5.92 Å². The molecule has 1 aliphatic heterocycles. The van der Waals surface area contributed by atoms with Crippen molar-refractivity contribution in [2.45, 2.75) is 71.9 Å². The Morgan fingerprint density at radius 1 is 1.24 bits per heavy atom. The molecule has 2 aromatic rings. The number of rotatable bonds is 5. The lowest BCUT2D eigenvalue weighted by atomic mass is 9.89. The van der Waals surface area contributed by atoms with Gasteiger partial charge in [0.1, 0.15) is 5.60 Å². The van der Waals surface area contributed by atoms with Crippen molar-refractivity contribution in [3.8, 4) is 0 Å². The molecule has 5 heteroatoms. The molecule has 1 aromatic carbocycles. The van der Waals surface area contributed by atoms with Gasteiger partial charge in [-0.25, -0.2) is 4.79 Å². The van der Waals surface area contributed by atoms with Crippen molar-refractivity contribution in [2.75, 3.05) is 19.6 Å². The van der Waals surface area contributed by atoms with Crippen molar-refractivity contribution in [2.24, 2.45) is 11.7 Å². The maximum atomic E-state index is 12.3. The molecule has 0 saturated carbocycles. The third-order valence-corrected chi connectivity index (χ3v) is 5.58. The summed E-state index contributed by atoms with van der Waals surface area (Å²) in [7, 11) is 0. The fourth-order valence-corrected chi connectivity index (χ4v) is 4.26. The number of piperidine rings is 1. The van der Waals surface area contributed by atoms with Gasteiger partial charge in [0.05, 0.1) is 0 Å². The lowest BCUT2D eigenvalue weighted by Crippen LogP contribution is -2.41. The fourth-order valence-electron chi connectivity index (χ4n) is 4.26. The van der Waals surface area contributed by atoms with Crippen LogP contribution in [-0.2, 0) is 17.7 Å². The minimum absolute atomic E-state index is 0.191. The molecule has 2 heterocycles. The number of carbonyl (C=O) groups is 1. The second-order valence-corrected chi connectivity index (χ2v) is 9.76. The average Bonchev–Trinajstić information content (AvgIpc) is 2.97. The van der Waals surface area contributed by atoms with Crippen LogP contribution < -0.4 is 5.73 Å². The van der Waals surface area contributed by atoms with Crippen LogP contribution >= 0.6 is 0 Å². The Morgan fingerprint density at radius 2 is 1.93 bits per heavy atom. The predicted octanol–water partition coefficient (Wildman–Crippen LogP) is 4.91. The summed E-state index contributed by atoms with van der Waals surface area (Å²) in [5.74, 6) is 1.08. The number of likely N-dealkylation sites (tertiary alicyclic amines) is 1. The molecule has 29 heavy (non-hydrogen) atoms. The minimum atomic E-state index is -0.442.